The van der Waals surface area contributed by atoms with Gasteiger partial charge in [-0.2, -0.15) is 0 Å². The van der Waals surface area contributed by atoms with Gasteiger partial charge in [-0.15, -0.1) is 0 Å². The third-order valence-electron chi connectivity index (χ3n) is 12.4. The van der Waals surface area contributed by atoms with Gasteiger partial charge < -0.3 is 54.1 Å². The number of aliphatic imine (C=N–C) groups is 1. The number of carbonyl (C=O) groups excluding carboxylic acids is 6. The third-order valence-corrected chi connectivity index (χ3v) is 12.4. The monoisotopic (exact) mass is 822 g/mol. The first-order chi connectivity index (χ1) is 28.0. The molecule has 1 amide bonds. The van der Waals surface area contributed by atoms with Crippen LogP contribution in [0.5, 0.6) is 11.5 Å². The van der Waals surface area contributed by atoms with E-state index in [1.807, 2.05) is 0 Å². The Morgan fingerprint density at radius 3 is 2.32 bits per heavy atom. The van der Waals surface area contributed by atoms with E-state index in [0.29, 0.717) is 13.1 Å². The molecule has 2 aromatic rings. The van der Waals surface area contributed by atoms with Crippen molar-refractivity contribution < 1.29 is 78.0 Å². The molecule has 316 valence electrons. The molecule has 18 heteroatoms. The van der Waals surface area contributed by atoms with Crippen LogP contribution in [0.4, 0.5) is 0 Å². The fourth-order valence-electron chi connectivity index (χ4n) is 9.43. The molecule has 0 saturated carbocycles. The summed E-state index contributed by atoms with van der Waals surface area (Å²) in [5, 5.41) is 57.5. The lowest BCUT2D eigenvalue weighted by molar-refractivity contribution is -0.206. The number of aliphatic hydroxyl groups is 4. The quantitative estimate of drug-likeness (QED) is 0.226. The molecule has 2 fully saturated rings. The molecule has 2 heterocycles. The number of fused-ring (bicyclic) bond motifs is 5. The zero-order valence-corrected chi connectivity index (χ0v) is 33.1. The molecule has 0 spiro atoms. The fourth-order valence-corrected chi connectivity index (χ4v) is 9.43. The molecule has 0 radical (unpaired) electrons. The number of hydrogen-bond acceptors (Lipinski definition) is 17. The number of ketones is 4. The van der Waals surface area contributed by atoms with Crippen LogP contribution >= 0.6 is 0 Å². The van der Waals surface area contributed by atoms with Crippen molar-refractivity contribution >= 4 is 40.7 Å². The standard InChI is InChI=1S/C41H46N2O16/c1-17-11-19-12-25(46)41(57-5)37(52)29-21(36(51)40(41,54)30(19)35(27(17)39(53)56-4)58-16-26(47)43-9-7-6-8-10-43)13-20-28(33(29)50)24(45)14-23(31(20)48)42-38-22(15-44)32(49)34(55-3)18(2)59-38/h11,13,18,22,25,32,34,38,44,46,49-50,54H,6-10,12,14-16H2,1-5H3/t18-,22+,25+,32-,34-,38-,40-,41+/m0/s1. The number of hydrogen-bond donors (Lipinski definition) is 5. The highest BCUT2D eigenvalue weighted by Gasteiger charge is 2.73. The molecule has 3 aliphatic carbocycles. The lowest BCUT2D eigenvalue weighted by Gasteiger charge is -2.53. The van der Waals surface area contributed by atoms with Gasteiger partial charge in [-0.1, -0.05) is 6.07 Å². The molecule has 0 bridgehead atoms. The molecule has 7 rings (SSSR count). The minimum atomic E-state index is -3.26. The van der Waals surface area contributed by atoms with Crippen molar-refractivity contribution in [2.75, 3.05) is 47.6 Å². The molecule has 5 aliphatic rings. The Labute approximate surface area is 337 Å². The summed E-state index contributed by atoms with van der Waals surface area (Å²) in [4.78, 5) is 90.6. The minimum absolute atomic E-state index is 0.0451. The molecule has 2 saturated heterocycles. The topological polar surface area (TPSA) is 265 Å². The van der Waals surface area contributed by atoms with E-state index in [2.05, 4.69) is 4.99 Å². The van der Waals surface area contributed by atoms with Gasteiger partial charge in [0.1, 0.15) is 23.2 Å². The van der Waals surface area contributed by atoms with Crippen molar-refractivity contribution in [3.63, 3.8) is 0 Å². The summed E-state index contributed by atoms with van der Waals surface area (Å²) in [6, 6.07) is 2.25. The van der Waals surface area contributed by atoms with Crippen molar-refractivity contribution in [2.45, 2.75) is 87.8 Å². The second-order valence-electron chi connectivity index (χ2n) is 15.5. The predicted molar refractivity (Wildman–Crippen MR) is 201 cm³/mol. The van der Waals surface area contributed by atoms with E-state index in [1.165, 1.54) is 20.1 Å². The van der Waals surface area contributed by atoms with Crippen LogP contribution in [0.2, 0.25) is 0 Å². The number of ether oxygens (including phenoxy) is 5. The highest BCUT2D eigenvalue weighted by molar-refractivity contribution is 6.53. The predicted octanol–water partition coefficient (Wildman–Crippen LogP) is 0.387. The largest absolute Gasteiger partial charge is 0.506 e. The number of piperidine rings is 1. The average Bonchev–Trinajstić information content (AvgIpc) is 3.20. The average molecular weight is 823 g/mol. The van der Waals surface area contributed by atoms with Gasteiger partial charge >= 0.3 is 5.97 Å². The van der Waals surface area contributed by atoms with Gasteiger partial charge in [-0.05, 0) is 50.3 Å². The summed E-state index contributed by atoms with van der Waals surface area (Å²) in [7, 11) is 3.37. The van der Waals surface area contributed by atoms with Gasteiger partial charge in [0.15, 0.2) is 29.8 Å². The van der Waals surface area contributed by atoms with Crippen molar-refractivity contribution in [2.24, 2.45) is 10.9 Å². The second-order valence-corrected chi connectivity index (χ2v) is 15.5. The number of methoxy groups -OCH3 is 3. The highest BCUT2D eigenvalue weighted by atomic mass is 16.6. The van der Waals surface area contributed by atoms with Crippen LogP contribution in [0.1, 0.15) is 101 Å². The van der Waals surface area contributed by atoms with Crippen LogP contribution in [0, 0.1) is 12.8 Å². The smallest absolute Gasteiger partial charge is 0.341 e. The highest BCUT2D eigenvalue weighted by Crippen LogP contribution is 2.57. The van der Waals surface area contributed by atoms with Gasteiger partial charge in [0.2, 0.25) is 17.3 Å². The van der Waals surface area contributed by atoms with Crippen molar-refractivity contribution in [1.29, 1.82) is 0 Å². The number of carbonyl (C=O) groups is 6. The van der Waals surface area contributed by atoms with E-state index in [1.54, 1.807) is 11.8 Å². The van der Waals surface area contributed by atoms with Crippen molar-refractivity contribution in [1.82, 2.24) is 4.90 Å². The van der Waals surface area contributed by atoms with E-state index in [9.17, 15) is 49.5 Å². The third kappa shape index (κ3) is 6.14. The van der Waals surface area contributed by atoms with E-state index in [-0.39, 0.29) is 16.7 Å². The Bertz CT molecular complexity index is 2190. The number of aryl methyl sites for hydroxylation is 1. The van der Waals surface area contributed by atoms with Crippen LogP contribution in [0.25, 0.3) is 0 Å². The molecule has 18 nitrogen and oxygen atoms in total. The SMILES string of the molecule is COC(=O)c1c(C)cc2c(c1OCC(=O)N1CCCCC1)[C@]1(O)C(=O)c3cc4c(c(O)c3C(=O)[C@]1(OC)[C@H](O)C2)C(=O)CC(=N[C@H]1O[C@@H](C)[C@H](OC)[C@@H](O)[C@H]1CO)C4=O. The van der Waals surface area contributed by atoms with Gasteiger partial charge in [0.25, 0.3) is 5.91 Å². The van der Waals surface area contributed by atoms with Gasteiger partial charge in [0.05, 0.1) is 61.2 Å². The van der Waals surface area contributed by atoms with Gasteiger partial charge in [-0.25, -0.2) is 4.79 Å². The molecule has 0 unspecified atom stereocenters. The first-order valence-electron chi connectivity index (χ1n) is 19.3. The molecular weight excluding hydrogens is 776 g/mol. The molecule has 2 aliphatic heterocycles. The second kappa shape index (κ2) is 15.6. The van der Waals surface area contributed by atoms with Crippen LogP contribution in [-0.2, 0) is 35.8 Å². The molecule has 5 N–H and O–H groups in total. The van der Waals surface area contributed by atoms with E-state index < -0.39 is 154 Å². The van der Waals surface area contributed by atoms with E-state index >= 15 is 4.79 Å². The Balaban J connectivity index is 1.40. The van der Waals surface area contributed by atoms with E-state index in [0.717, 1.165) is 39.5 Å². The molecule has 8 atom stereocenters. The number of amides is 1. The number of aliphatic hydroxyl groups excluding tert-OH is 3. The zero-order chi connectivity index (χ0) is 42.9. The molecule has 2 aromatic carbocycles. The summed E-state index contributed by atoms with van der Waals surface area (Å²) < 4.78 is 27.9. The number of likely N-dealkylation sites (tertiary alicyclic amines) is 1. The Morgan fingerprint density at radius 2 is 1.69 bits per heavy atom. The number of nitrogens with zero attached hydrogens (tertiary/aromatic N) is 2. The molecular formula is C41H46N2O16. The first-order valence-corrected chi connectivity index (χ1v) is 19.3. The Kier molecular flexibility index (Phi) is 11.1. The number of aromatic hydroxyl groups is 1. The molecule has 59 heavy (non-hydrogen) atoms. The number of esters is 1. The number of Topliss-reactive ketones (excluding diaryl/α,β-unsaturated/α-hetero) is 4. The van der Waals surface area contributed by atoms with Crippen LogP contribution < -0.4 is 4.74 Å². The summed E-state index contributed by atoms with van der Waals surface area (Å²) in [5.41, 5.74) is -9.87. The van der Waals surface area contributed by atoms with Crippen LogP contribution in [0.3, 0.4) is 0 Å². The minimum Gasteiger partial charge on any atom is -0.506 e. The van der Waals surface area contributed by atoms with Crippen molar-refractivity contribution in [3.8, 4) is 11.5 Å². The lowest BCUT2D eigenvalue weighted by atomic mass is 9.56. The van der Waals surface area contributed by atoms with Crippen LogP contribution in [-0.4, -0.2) is 155 Å². The van der Waals surface area contributed by atoms with Gasteiger partial charge in [0, 0.05) is 50.4 Å². The maximum atomic E-state index is 15.1. The summed E-state index contributed by atoms with van der Waals surface area (Å²) >= 11 is 0. The number of phenols is 1. The fraction of sp³-hybridized carbons (Fsp3) is 0.537. The van der Waals surface area contributed by atoms with Gasteiger partial charge in [-0.3, -0.25) is 29.0 Å². The van der Waals surface area contributed by atoms with Crippen LogP contribution in [0.15, 0.2) is 17.1 Å². The Morgan fingerprint density at radius 1 is 1.00 bits per heavy atom. The normalized spacial score (nSPS) is 31.0. The van der Waals surface area contributed by atoms with Crippen molar-refractivity contribution in [3.05, 3.63) is 56.6 Å². The first kappa shape index (κ1) is 42.2. The summed E-state index contributed by atoms with van der Waals surface area (Å²) in [6.07, 6.45) is -4.92. The maximum absolute atomic E-state index is 15.1. The summed E-state index contributed by atoms with van der Waals surface area (Å²) in [6.45, 7) is 2.70. The number of phenolic OH excluding ortho intramolecular Hbond substituents is 1. The Hall–Kier alpha value is -4.95. The number of rotatable bonds is 8. The summed E-state index contributed by atoms with van der Waals surface area (Å²) in [5.74, 6) is -8.68. The molecule has 0 aromatic heterocycles. The number of benzene rings is 2. The maximum Gasteiger partial charge on any atom is 0.341 e. The zero-order valence-electron chi connectivity index (χ0n) is 33.1. The lowest BCUT2D eigenvalue weighted by Crippen LogP contribution is -2.73. The van der Waals surface area contributed by atoms with E-state index in [4.69, 9.17) is 23.7 Å².